The SMILES string of the molecule is [B]c1cc(C)cc(C)c1C(C)C. The molecule has 12 heavy (non-hydrogen) atoms. The van der Waals surface area contributed by atoms with Crippen molar-refractivity contribution in [1.82, 2.24) is 0 Å². The zero-order valence-corrected chi connectivity index (χ0v) is 8.31. The van der Waals surface area contributed by atoms with Gasteiger partial charge in [0.05, 0.1) is 0 Å². The van der Waals surface area contributed by atoms with Crippen LogP contribution in [-0.4, -0.2) is 7.85 Å². The summed E-state index contributed by atoms with van der Waals surface area (Å²) >= 11 is 0. The molecule has 0 bridgehead atoms. The summed E-state index contributed by atoms with van der Waals surface area (Å²) in [7, 11) is 5.92. The van der Waals surface area contributed by atoms with Gasteiger partial charge in [0.15, 0.2) is 0 Å². The van der Waals surface area contributed by atoms with Gasteiger partial charge in [-0.25, -0.2) is 0 Å². The first-order valence-corrected chi connectivity index (χ1v) is 4.39. The number of hydrogen-bond donors (Lipinski definition) is 0. The van der Waals surface area contributed by atoms with E-state index in [1.807, 2.05) is 6.07 Å². The molecule has 0 aliphatic carbocycles. The minimum atomic E-state index is 0.519. The predicted octanol–water partition coefficient (Wildman–Crippen LogP) is 2.22. The van der Waals surface area contributed by atoms with E-state index in [0.29, 0.717) is 5.92 Å². The third-order valence-corrected chi connectivity index (χ3v) is 2.14. The van der Waals surface area contributed by atoms with Crippen LogP contribution >= 0.6 is 0 Å². The normalized spacial score (nSPS) is 10.8. The summed E-state index contributed by atoms with van der Waals surface area (Å²) in [5, 5.41) is 0. The first-order chi connectivity index (χ1) is 5.52. The molecule has 1 aromatic rings. The lowest BCUT2D eigenvalue weighted by molar-refractivity contribution is 0.863. The number of benzene rings is 1. The zero-order chi connectivity index (χ0) is 9.30. The van der Waals surface area contributed by atoms with Crippen LogP contribution in [0.15, 0.2) is 12.1 Å². The number of rotatable bonds is 1. The molecular weight excluding hydrogens is 143 g/mol. The molecule has 0 unspecified atom stereocenters. The summed E-state index contributed by atoms with van der Waals surface area (Å²) in [6.45, 7) is 8.55. The lowest BCUT2D eigenvalue weighted by Gasteiger charge is -2.14. The molecule has 0 aliphatic heterocycles. The van der Waals surface area contributed by atoms with Gasteiger partial charge in [0.2, 0.25) is 0 Å². The van der Waals surface area contributed by atoms with Crippen LogP contribution in [0.2, 0.25) is 0 Å². The van der Waals surface area contributed by atoms with Gasteiger partial charge in [-0.05, 0) is 30.9 Å². The van der Waals surface area contributed by atoms with Crippen molar-refractivity contribution in [3.8, 4) is 0 Å². The minimum Gasteiger partial charge on any atom is -0.0928 e. The fourth-order valence-corrected chi connectivity index (χ4v) is 1.80. The summed E-state index contributed by atoms with van der Waals surface area (Å²) in [4.78, 5) is 0. The first-order valence-electron chi connectivity index (χ1n) is 4.39. The molecule has 2 radical (unpaired) electrons. The van der Waals surface area contributed by atoms with E-state index in [4.69, 9.17) is 7.85 Å². The maximum Gasteiger partial charge on any atom is 0.114 e. The average Bonchev–Trinajstić information content (AvgIpc) is 1.82. The van der Waals surface area contributed by atoms with Gasteiger partial charge >= 0.3 is 0 Å². The van der Waals surface area contributed by atoms with Crippen molar-refractivity contribution >= 4 is 13.3 Å². The van der Waals surface area contributed by atoms with Crippen LogP contribution < -0.4 is 5.46 Å². The smallest absolute Gasteiger partial charge is 0.0928 e. The van der Waals surface area contributed by atoms with Crippen molar-refractivity contribution in [3.05, 3.63) is 28.8 Å². The molecule has 0 aromatic heterocycles. The monoisotopic (exact) mass is 158 g/mol. The highest BCUT2D eigenvalue weighted by Crippen LogP contribution is 2.17. The van der Waals surface area contributed by atoms with E-state index in [9.17, 15) is 0 Å². The Labute approximate surface area is 76.4 Å². The van der Waals surface area contributed by atoms with Gasteiger partial charge in [0.25, 0.3) is 0 Å². The lowest BCUT2D eigenvalue weighted by Crippen LogP contribution is -2.14. The fraction of sp³-hybridized carbons (Fsp3) is 0.455. The maximum absolute atomic E-state index is 5.92. The topological polar surface area (TPSA) is 0 Å². The highest BCUT2D eigenvalue weighted by molar-refractivity contribution is 6.33. The Morgan fingerprint density at radius 1 is 1.17 bits per heavy atom. The van der Waals surface area contributed by atoms with Crippen molar-refractivity contribution in [2.45, 2.75) is 33.6 Å². The Morgan fingerprint density at radius 3 is 2.17 bits per heavy atom. The third-order valence-electron chi connectivity index (χ3n) is 2.14. The van der Waals surface area contributed by atoms with E-state index in [0.717, 1.165) is 5.46 Å². The molecule has 1 rings (SSSR count). The quantitative estimate of drug-likeness (QED) is 0.549. The molecular formula is C11H15B. The molecule has 0 heterocycles. The Morgan fingerprint density at radius 2 is 1.75 bits per heavy atom. The minimum absolute atomic E-state index is 0.519. The van der Waals surface area contributed by atoms with Crippen LogP contribution in [0.5, 0.6) is 0 Å². The van der Waals surface area contributed by atoms with Crippen molar-refractivity contribution < 1.29 is 0 Å². The second kappa shape index (κ2) is 3.34. The molecule has 0 saturated heterocycles. The predicted molar refractivity (Wildman–Crippen MR) is 55.4 cm³/mol. The van der Waals surface area contributed by atoms with Gasteiger partial charge in [-0.3, -0.25) is 0 Å². The zero-order valence-electron chi connectivity index (χ0n) is 8.31. The molecule has 1 heteroatoms. The molecule has 0 nitrogen and oxygen atoms in total. The Hall–Kier alpha value is -0.715. The highest BCUT2D eigenvalue weighted by atomic mass is 14.1. The van der Waals surface area contributed by atoms with Crippen LogP contribution in [0.4, 0.5) is 0 Å². The summed E-state index contributed by atoms with van der Waals surface area (Å²) < 4.78 is 0. The van der Waals surface area contributed by atoms with Crippen LogP contribution in [0.1, 0.15) is 36.5 Å². The Bertz CT molecular complexity index is 264. The summed E-state index contributed by atoms with van der Waals surface area (Å²) in [5.41, 5.74) is 4.78. The molecule has 0 aliphatic rings. The summed E-state index contributed by atoms with van der Waals surface area (Å²) in [5.74, 6) is 0.519. The molecule has 0 saturated carbocycles. The highest BCUT2D eigenvalue weighted by Gasteiger charge is 2.06. The van der Waals surface area contributed by atoms with Gasteiger partial charge in [-0.2, -0.15) is 0 Å². The number of aryl methyl sites for hydroxylation is 2. The van der Waals surface area contributed by atoms with E-state index >= 15 is 0 Å². The fourth-order valence-electron chi connectivity index (χ4n) is 1.80. The first kappa shape index (κ1) is 9.37. The second-order valence-corrected chi connectivity index (χ2v) is 3.74. The van der Waals surface area contributed by atoms with E-state index in [2.05, 4.69) is 33.8 Å². The van der Waals surface area contributed by atoms with E-state index < -0.39 is 0 Å². The van der Waals surface area contributed by atoms with Crippen LogP contribution in [0.3, 0.4) is 0 Å². The van der Waals surface area contributed by atoms with Crippen molar-refractivity contribution in [2.24, 2.45) is 0 Å². The summed E-state index contributed by atoms with van der Waals surface area (Å²) in [6, 6.07) is 4.23. The van der Waals surface area contributed by atoms with Crippen LogP contribution in [0, 0.1) is 13.8 Å². The molecule has 62 valence electrons. The lowest BCUT2D eigenvalue weighted by atomic mass is 9.82. The molecule has 0 N–H and O–H groups in total. The standard InChI is InChI=1S/C11H15B/c1-7(2)11-9(4)5-8(3)6-10(11)12/h5-7H,1-4H3. The van der Waals surface area contributed by atoms with E-state index in [1.165, 1.54) is 16.7 Å². The van der Waals surface area contributed by atoms with Crippen molar-refractivity contribution in [3.63, 3.8) is 0 Å². The van der Waals surface area contributed by atoms with Gasteiger partial charge in [0, 0.05) is 0 Å². The Balaban J connectivity index is 3.28. The third kappa shape index (κ3) is 1.71. The maximum atomic E-state index is 5.92. The van der Waals surface area contributed by atoms with Crippen molar-refractivity contribution in [2.75, 3.05) is 0 Å². The van der Waals surface area contributed by atoms with Gasteiger partial charge in [0.1, 0.15) is 7.85 Å². The molecule has 0 fully saturated rings. The van der Waals surface area contributed by atoms with E-state index in [1.54, 1.807) is 0 Å². The largest absolute Gasteiger partial charge is 0.114 e. The van der Waals surface area contributed by atoms with Gasteiger partial charge < -0.3 is 0 Å². The molecule has 0 spiro atoms. The molecule has 0 atom stereocenters. The van der Waals surface area contributed by atoms with Gasteiger partial charge in [-0.15, -0.1) is 0 Å². The Kier molecular flexibility index (Phi) is 2.61. The summed E-state index contributed by atoms with van der Waals surface area (Å²) in [6.07, 6.45) is 0. The van der Waals surface area contributed by atoms with Crippen molar-refractivity contribution in [1.29, 1.82) is 0 Å². The van der Waals surface area contributed by atoms with E-state index in [-0.39, 0.29) is 0 Å². The van der Waals surface area contributed by atoms with Crippen LogP contribution in [0.25, 0.3) is 0 Å². The second-order valence-electron chi connectivity index (χ2n) is 3.74. The molecule has 0 amide bonds. The number of hydrogen-bond acceptors (Lipinski definition) is 0. The average molecular weight is 158 g/mol. The van der Waals surface area contributed by atoms with Gasteiger partial charge in [-0.1, -0.05) is 37.0 Å². The van der Waals surface area contributed by atoms with Crippen LogP contribution in [-0.2, 0) is 0 Å². The molecule has 1 aromatic carbocycles.